The van der Waals surface area contributed by atoms with Crippen molar-refractivity contribution < 1.29 is 4.84 Å². The van der Waals surface area contributed by atoms with Gasteiger partial charge in [-0.1, -0.05) is 190 Å². The Labute approximate surface area is 237 Å². The largest absolute Gasteiger partial charge is 0.276 e. The highest BCUT2D eigenvalue weighted by atomic mass is 16.6. The van der Waals surface area contributed by atoms with E-state index in [1.165, 1.54) is 74.2 Å². The summed E-state index contributed by atoms with van der Waals surface area (Å²) in [6.07, 6.45) is 13.6. The van der Waals surface area contributed by atoms with Gasteiger partial charge in [-0.05, 0) is 18.6 Å². The molecule has 0 bridgehead atoms. The molecule has 3 heteroatoms. The molecule has 0 aliphatic heterocycles. The predicted octanol–water partition coefficient (Wildman–Crippen LogP) is 8.15. The Morgan fingerprint density at radius 3 is 1.23 bits per heavy atom. The number of rotatable bonds is 16. The smallest absolute Gasteiger partial charge is 0.241 e. The topological polar surface area (TPSA) is 21.3 Å². The summed E-state index contributed by atoms with van der Waals surface area (Å²) in [4.78, 5) is 5.44. The summed E-state index contributed by atoms with van der Waals surface area (Å²) < 4.78 is 0. The van der Waals surface area contributed by atoms with Crippen LogP contribution in [0.1, 0.15) is 71.1 Å². The maximum absolute atomic E-state index is 5.44. The molecule has 0 saturated heterocycles. The fourth-order valence-electron chi connectivity index (χ4n) is 4.82. The van der Waals surface area contributed by atoms with Gasteiger partial charge in [-0.3, -0.25) is 10.3 Å². The highest BCUT2D eigenvalue weighted by Crippen LogP contribution is 2.11. The number of anilines is 1. The number of hydrogen-bond donors (Lipinski definition) is 1. The standard InChI is InChI=1S/C18H15B.C18H31NO/c1-4-10-16(11-5-1)19(17-12-6-2-7-13-17)18-14-8-3-9-15-18;1-2-3-4-5-6-7-8-9-10-14-17-20-19-18-15-12-11-13-16-18/h1-15H;11-13,15-16,19H,2-10,14,17H2,1H3. The zero-order valence-electron chi connectivity index (χ0n) is 23.8. The molecule has 0 amide bonds. The van der Waals surface area contributed by atoms with Crippen molar-refractivity contribution in [1.29, 1.82) is 0 Å². The van der Waals surface area contributed by atoms with Crippen molar-refractivity contribution in [2.45, 2.75) is 71.1 Å². The lowest BCUT2D eigenvalue weighted by atomic mass is 9.37. The van der Waals surface area contributed by atoms with Gasteiger partial charge in [-0.25, -0.2) is 0 Å². The molecule has 0 saturated carbocycles. The van der Waals surface area contributed by atoms with E-state index in [2.05, 4.69) is 103 Å². The van der Waals surface area contributed by atoms with Crippen LogP contribution in [0.4, 0.5) is 5.69 Å². The van der Waals surface area contributed by atoms with Crippen LogP contribution in [0.3, 0.4) is 0 Å². The summed E-state index contributed by atoms with van der Waals surface area (Å²) in [6, 6.07) is 42.1. The van der Waals surface area contributed by atoms with Gasteiger partial charge in [0.25, 0.3) is 0 Å². The van der Waals surface area contributed by atoms with Crippen LogP contribution in [0.5, 0.6) is 0 Å². The van der Waals surface area contributed by atoms with Crippen molar-refractivity contribution in [3.8, 4) is 0 Å². The number of para-hydroxylation sites is 1. The second-order valence-electron chi connectivity index (χ2n) is 10.2. The van der Waals surface area contributed by atoms with Gasteiger partial charge in [0.1, 0.15) is 0 Å². The SMILES string of the molecule is CCCCCCCCCCCCONc1ccccc1.c1ccc(B(c2ccccc2)c2ccccc2)cc1. The molecular formula is C36H46BNO. The molecule has 4 aromatic carbocycles. The van der Waals surface area contributed by atoms with E-state index >= 15 is 0 Å². The van der Waals surface area contributed by atoms with E-state index in [-0.39, 0.29) is 0 Å². The van der Waals surface area contributed by atoms with Crippen LogP contribution in [0, 0.1) is 0 Å². The molecule has 204 valence electrons. The molecule has 4 aromatic rings. The van der Waals surface area contributed by atoms with Crippen LogP contribution in [0.25, 0.3) is 0 Å². The van der Waals surface area contributed by atoms with Gasteiger partial charge < -0.3 is 0 Å². The van der Waals surface area contributed by atoms with Crippen LogP contribution >= 0.6 is 0 Å². The Morgan fingerprint density at radius 1 is 0.462 bits per heavy atom. The van der Waals surface area contributed by atoms with Crippen LogP contribution in [0.15, 0.2) is 121 Å². The molecule has 0 aromatic heterocycles. The number of nitrogens with one attached hydrogen (secondary N) is 1. The second kappa shape index (κ2) is 19.7. The minimum atomic E-state index is 0.309. The van der Waals surface area contributed by atoms with E-state index in [0.717, 1.165) is 18.7 Å². The molecule has 0 fully saturated rings. The summed E-state index contributed by atoms with van der Waals surface area (Å²) in [5.74, 6) is 0. The zero-order chi connectivity index (χ0) is 27.2. The fourth-order valence-corrected chi connectivity index (χ4v) is 4.82. The normalized spacial score (nSPS) is 10.4. The highest BCUT2D eigenvalue weighted by Gasteiger charge is 2.20. The Bertz CT molecular complexity index is 996. The third-order valence-electron chi connectivity index (χ3n) is 6.96. The molecular weight excluding hydrogens is 473 g/mol. The van der Waals surface area contributed by atoms with Gasteiger partial charge in [0.15, 0.2) is 0 Å². The summed E-state index contributed by atoms with van der Waals surface area (Å²) in [5, 5.41) is 0. The molecule has 0 unspecified atom stereocenters. The second-order valence-corrected chi connectivity index (χ2v) is 10.2. The van der Waals surface area contributed by atoms with Crippen LogP contribution in [-0.2, 0) is 4.84 Å². The molecule has 0 heterocycles. The number of unbranched alkanes of at least 4 members (excludes halogenated alkanes) is 9. The lowest BCUT2D eigenvalue weighted by molar-refractivity contribution is 0.187. The van der Waals surface area contributed by atoms with E-state index in [1.807, 2.05) is 30.3 Å². The maximum Gasteiger partial charge on any atom is 0.241 e. The molecule has 0 atom stereocenters. The van der Waals surface area contributed by atoms with Crippen molar-refractivity contribution in [2.75, 3.05) is 12.1 Å². The average molecular weight is 520 g/mol. The molecule has 39 heavy (non-hydrogen) atoms. The molecule has 4 rings (SSSR count). The molecule has 0 aliphatic carbocycles. The Kier molecular flexibility index (Phi) is 15.3. The molecule has 2 nitrogen and oxygen atoms in total. The van der Waals surface area contributed by atoms with Crippen molar-refractivity contribution in [3.63, 3.8) is 0 Å². The lowest BCUT2D eigenvalue weighted by Gasteiger charge is -2.15. The first kappa shape index (κ1) is 30.2. The first-order valence-corrected chi connectivity index (χ1v) is 15.0. The molecule has 0 aliphatic rings. The van der Waals surface area contributed by atoms with Gasteiger partial charge in [0.05, 0.1) is 12.3 Å². The summed E-state index contributed by atoms with van der Waals surface area (Å²) in [7, 11) is 0. The Morgan fingerprint density at radius 2 is 0.821 bits per heavy atom. The van der Waals surface area contributed by atoms with Crippen molar-refractivity contribution >= 4 is 28.8 Å². The van der Waals surface area contributed by atoms with E-state index in [4.69, 9.17) is 4.84 Å². The fraction of sp³-hybridized carbons (Fsp3) is 0.333. The van der Waals surface area contributed by atoms with E-state index in [0.29, 0.717) is 6.71 Å². The van der Waals surface area contributed by atoms with Gasteiger partial charge in [-0.15, -0.1) is 0 Å². The summed E-state index contributed by atoms with van der Waals surface area (Å²) in [5.41, 5.74) is 8.00. The number of hydrogen-bond acceptors (Lipinski definition) is 2. The first-order chi connectivity index (χ1) is 19.4. The van der Waals surface area contributed by atoms with Gasteiger partial charge in [-0.2, -0.15) is 0 Å². The monoisotopic (exact) mass is 519 g/mol. The van der Waals surface area contributed by atoms with E-state index in [1.54, 1.807) is 0 Å². The summed E-state index contributed by atoms with van der Waals surface area (Å²) >= 11 is 0. The lowest BCUT2D eigenvalue weighted by Crippen LogP contribution is -2.51. The van der Waals surface area contributed by atoms with Gasteiger partial charge in [0, 0.05) is 0 Å². The summed E-state index contributed by atoms with van der Waals surface area (Å²) in [6.45, 7) is 3.38. The first-order valence-electron chi connectivity index (χ1n) is 15.0. The third kappa shape index (κ3) is 12.4. The quantitative estimate of drug-likeness (QED) is 0.0916. The van der Waals surface area contributed by atoms with Crippen molar-refractivity contribution in [1.82, 2.24) is 0 Å². The molecule has 0 radical (unpaired) electrons. The molecule has 0 spiro atoms. The Hall–Kier alpha value is -3.30. The molecule has 1 N–H and O–H groups in total. The average Bonchev–Trinajstić information content (AvgIpc) is 3.00. The minimum Gasteiger partial charge on any atom is -0.276 e. The van der Waals surface area contributed by atoms with Crippen LogP contribution in [-0.4, -0.2) is 13.3 Å². The van der Waals surface area contributed by atoms with Crippen LogP contribution in [0.2, 0.25) is 0 Å². The van der Waals surface area contributed by atoms with Gasteiger partial charge in [0.2, 0.25) is 6.71 Å². The predicted molar refractivity (Wildman–Crippen MR) is 172 cm³/mol. The highest BCUT2D eigenvalue weighted by molar-refractivity contribution is 6.95. The van der Waals surface area contributed by atoms with Gasteiger partial charge >= 0.3 is 0 Å². The zero-order valence-corrected chi connectivity index (χ0v) is 23.8. The van der Waals surface area contributed by atoms with Crippen LogP contribution < -0.4 is 21.9 Å². The third-order valence-corrected chi connectivity index (χ3v) is 6.96. The number of benzene rings is 4. The minimum absolute atomic E-state index is 0.309. The van der Waals surface area contributed by atoms with Crippen molar-refractivity contribution in [2.24, 2.45) is 0 Å². The Balaban J connectivity index is 0.000000216. The van der Waals surface area contributed by atoms with E-state index < -0.39 is 0 Å². The maximum atomic E-state index is 5.44. The van der Waals surface area contributed by atoms with Crippen molar-refractivity contribution in [3.05, 3.63) is 121 Å². The van der Waals surface area contributed by atoms with E-state index in [9.17, 15) is 0 Å².